The number of hydrogen-bond acceptors (Lipinski definition) is 8. The second kappa shape index (κ2) is 7.55. The molecule has 3 atom stereocenters. The van der Waals surface area contributed by atoms with Crippen LogP contribution in [-0.4, -0.2) is 39.2 Å². The molecule has 154 valence electrons. The van der Waals surface area contributed by atoms with Gasteiger partial charge in [-0.15, -0.1) is 0 Å². The maximum Gasteiger partial charge on any atom is 0.293 e. The van der Waals surface area contributed by atoms with Gasteiger partial charge in [-0.2, -0.15) is 10.5 Å². The van der Waals surface area contributed by atoms with E-state index in [4.69, 9.17) is 24.7 Å². The number of nitrogens with zero attached hydrogens (tertiary/aromatic N) is 3. The van der Waals surface area contributed by atoms with E-state index in [9.17, 15) is 10.5 Å². The molecule has 1 aliphatic heterocycles. The topological polar surface area (TPSA) is 123 Å². The van der Waals surface area contributed by atoms with Gasteiger partial charge in [-0.05, 0) is 18.9 Å². The first-order chi connectivity index (χ1) is 14.0. The van der Waals surface area contributed by atoms with Gasteiger partial charge in [0.05, 0.1) is 39.6 Å². The lowest BCUT2D eigenvalue weighted by molar-refractivity contribution is -0.259. The molecule has 8 nitrogen and oxygen atoms in total. The minimum atomic E-state index is -1.64. The molecule has 8 heteroatoms. The highest BCUT2D eigenvalue weighted by Gasteiger charge is 2.94. The first-order valence-electron chi connectivity index (χ1n) is 9.66. The van der Waals surface area contributed by atoms with E-state index in [2.05, 4.69) is 17.1 Å². The van der Waals surface area contributed by atoms with Gasteiger partial charge in [0.25, 0.3) is 5.91 Å². The van der Waals surface area contributed by atoms with Crippen molar-refractivity contribution in [1.82, 2.24) is 0 Å². The molecule has 0 radical (unpaired) electrons. The molecular weight excluding hydrogens is 372 g/mol. The molecule has 2 N–H and O–H groups in total. The van der Waals surface area contributed by atoms with Crippen molar-refractivity contribution in [3.8, 4) is 23.6 Å². The zero-order valence-corrected chi connectivity index (χ0v) is 17.2. The Morgan fingerprint density at radius 1 is 1.07 bits per heavy atom. The van der Waals surface area contributed by atoms with Crippen LogP contribution in [0.1, 0.15) is 38.2 Å². The first-order valence-corrected chi connectivity index (χ1v) is 9.66. The maximum absolute atomic E-state index is 10.4. The Morgan fingerprint density at radius 3 is 2.21 bits per heavy atom. The third kappa shape index (κ3) is 2.53. The van der Waals surface area contributed by atoms with Gasteiger partial charge in [0.2, 0.25) is 0 Å². The monoisotopic (exact) mass is 398 g/mol. The number of nitrogens with two attached hydrogens (primary N) is 1. The van der Waals surface area contributed by atoms with Crippen molar-refractivity contribution in [3.05, 3.63) is 23.8 Å². The maximum atomic E-state index is 10.4. The van der Waals surface area contributed by atoms with Crippen LogP contribution in [0.25, 0.3) is 0 Å². The SMILES string of the molecule is CCCOC1(OCCC)N=C(N)C2(C#N)C(c3ccc(OC)cc3OC)C12C#N. The van der Waals surface area contributed by atoms with Gasteiger partial charge in [0, 0.05) is 17.5 Å². The summed E-state index contributed by atoms with van der Waals surface area (Å²) in [7, 11) is 3.08. The average Bonchev–Trinajstić information content (AvgIpc) is 3.33. The molecule has 1 aliphatic carbocycles. The van der Waals surface area contributed by atoms with Crippen molar-refractivity contribution in [2.75, 3.05) is 27.4 Å². The normalized spacial score (nSPS) is 28.6. The van der Waals surface area contributed by atoms with Crippen molar-refractivity contribution in [2.24, 2.45) is 21.6 Å². The van der Waals surface area contributed by atoms with Crippen LogP contribution >= 0.6 is 0 Å². The second-order valence-electron chi connectivity index (χ2n) is 7.16. The average molecular weight is 398 g/mol. The van der Waals surface area contributed by atoms with Gasteiger partial charge in [0.15, 0.2) is 5.41 Å². The highest BCUT2D eigenvalue weighted by molar-refractivity contribution is 6.00. The summed E-state index contributed by atoms with van der Waals surface area (Å²) in [5.74, 6) is -1.09. The number of aliphatic imine (C=N–C) groups is 1. The summed E-state index contributed by atoms with van der Waals surface area (Å²) in [5, 5.41) is 20.5. The van der Waals surface area contributed by atoms with E-state index in [0.717, 1.165) is 0 Å². The largest absolute Gasteiger partial charge is 0.497 e. The van der Waals surface area contributed by atoms with E-state index >= 15 is 0 Å². The van der Waals surface area contributed by atoms with Crippen LogP contribution in [0, 0.1) is 33.5 Å². The Bertz CT molecular complexity index is 895. The zero-order chi connectivity index (χ0) is 21.3. The standard InChI is InChI=1S/C21H26N4O4/c1-5-9-28-21(29-10-6-2)20(13-23)17(19(20,12-22)18(24)25-21)15-8-7-14(26-3)11-16(15)27-4/h7-8,11,17H,5-6,9-10H2,1-4H3,(H2,24,25). The number of benzene rings is 1. The number of hydrogen-bond donors (Lipinski definition) is 1. The molecule has 0 aromatic heterocycles. The van der Waals surface area contributed by atoms with Crippen LogP contribution in [0.2, 0.25) is 0 Å². The van der Waals surface area contributed by atoms with Gasteiger partial charge < -0.3 is 24.7 Å². The lowest BCUT2D eigenvalue weighted by Gasteiger charge is -2.32. The number of ether oxygens (including phenoxy) is 4. The van der Waals surface area contributed by atoms with E-state index in [0.29, 0.717) is 43.1 Å². The van der Waals surface area contributed by atoms with Crippen LogP contribution in [-0.2, 0) is 9.47 Å². The Labute approximate surface area is 170 Å². The summed E-state index contributed by atoms with van der Waals surface area (Å²) in [6.45, 7) is 4.53. The molecule has 1 fully saturated rings. The number of fused-ring (bicyclic) bond motifs is 1. The van der Waals surface area contributed by atoms with Crippen molar-refractivity contribution in [1.29, 1.82) is 10.5 Å². The Hall–Kier alpha value is -2.81. The highest BCUT2D eigenvalue weighted by Crippen LogP contribution is 2.82. The van der Waals surface area contributed by atoms with Gasteiger partial charge in [-0.1, -0.05) is 19.9 Å². The van der Waals surface area contributed by atoms with Gasteiger partial charge in [0.1, 0.15) is 22.7 Å². The molecule has 29 heavy (non-hydrogen) atoms. The van der Waals surface area contributed by atoms with Gasteiger partial charge >= 0.3 is 0 Å². The third-order valence-corrected chi connectivity index (χ3v) is 5.68. The van der Waals surface area contributed by atoms with Gasteiger partial charge in [-0.25, -0.2) is 4.99 Å². The molecule has 0 saturated heterocycles. The molecular formula is C21H26N4O4. The Balaban J connectivity index is 2.20. The molecule has 1 aromatic rings. The van der Waals surface area contributed by atoms with Crippen molar-refractivity contribution < 1.29 is 18.9 Å². The fourth-order valence-corrected chi connectivity index (χ4v) is 4.36. The molecule has 3 unspecified atom stereocenters. The predicted octanol–water partition coefficient (Wildman–Crippen LogP) is 2.70. The van der Waals surface area contributed by atoms with Crippen LogP contribution in [0.5, 0.6) is 11.5 Å². The van der Waals surface area contributed by atoms with E-state index < -0.39 is 22.7 Å². The molecule has 0 spiro atoms. The molecule has 2 aliphatic rings. The molecule has 1 heterocycles. The summed E-state index contributed by atoms with van der Waals surface area (Å²) < 4.78 is 22.9. The zero-order valence-electron chi connectivity index (χ0n) is 17.2. The van der Waals surface area contributed by atoms with E-state index in [1.807, 2.05) is 13.8 Å². The minimum absolute atomic E-state index is 0.0524. The molecule has 0 bridgehead atoms. The van der Waals surface area contributed by atoms with Crippen molar-refractivity contribution >= 4 is 5.84 Å². The summed E-state index contributed by atoms with van der Waals surface area (Å²) in [6, 6.07) is 9.85. The number of amidine groups is 1. The number of nitriles is 2. The van der Waals surface area contributed by atoms with E-state index in [1.165, 1.54) is 7.11 Å². The fraction of sp³-hybridized carbons (Fsp3) is 0.571. The van der Waals surface area contributed by atoms with Crippen LogP contribution < -0.4 is 15.2 Å². The van der Waals surface area contributed by atoms with Crippen LogP contribution in [0.4, 0.5) is 0 Å². The second-order valence-corrected chi connectivity index (χ2v) is 7.16. The lowest BCUT2D eigenvalue weighted by atomic mass is 9.93. The quantitative estimate of drug-likeness (QED) is 0.634. The Kier molecular flexibility index (Phi) is 5.44. The highest BCUT2D eigenvalue weighted by atomic mass is 16.7. The van der Waals surface area contributed by atoms with Crippen molar-refractivity contribution in [2.45, 2.75) is 38.5 Å². The van der Waals surface area contributed by atoms with E-state index in [1.54, 1.807) is 25.3 Å². The van der Waals surface area contributed by atoms with E-state index in [-0.39, 0.29) is 5.84 Å². The first kappa shape index (κ1) is 20.9. The summed E-state index contributed by atoms with van der Waals surface area (Å²) in [6.07, 6.45) is 1.40. The summed E-state index contributed by atoms with van der Waals surface area (Å²) in [5.41, 5.74) is 4.17. The third-order valence-electron chi connectivity index (χ3n) is 5.68. The predicted molar refractivity (Wildman–Crippen MR) is 105 cm³/mol. The molecule has 1 aromatic carbocycles. The van der Waals surface area contributed by atoms with Crippen LogP contribution in [0.15, 0.2) is 23.2 Å². The number of methoxy groups -OCH3 is 2. The smallest absolute Gasteiger partial charge is 0.293 e. The fourth-order valence-electron chi connectivity index (χ4n) is 4.36. The summed E-state index contributed by atoms with van der Waals surface area (Å²) in [4.78, 5) is 4.42. The van der Waals surface area contributed by atoms with Gasteiger partial charge in [-0.3, -0.25) is 0 Å². The molecule has 1 saturated carbocycles. The van der Waals surface area contributed by atoms with Crippen LogP contribution in [0.3, 0.4) is 0 Å². The lowest BCUT2D eigenvalue weighted by Crippen LogP contribution is -2.44. The summed E-state index contributed by atoms with van der Waals surface area (Å²) >= 11 is 0. The van der Waals surface area contributed by atoms with Crippen molar-refractivity contribution in [3.63, 3.8) is 0 Å². The Morgan fingerprint density at radius 2 is 1.72 bits per heavy atom. The molecule has 3 rings (SSSR count). The minimum Gasteiger partial charge on any atom is -0.497 e. The number of rotatable bonds is 9. The molecule has 0 amide bonds.